The van der Waals surface area contributed by atoms with E-state index in [1.165, 1.54) is 0 Å². The number of amides is 1. The fourth-order valence-corrected chi connectivity index (χ4v) is 2.64. The van der Waals surface area contributed by atoms with Crippen LogP contribution in [0.1, 0.15) is 30.3 Å². The molecule has 4 nitrogen and oxygen atoms in total. The number of halogens is 1. The number of aromatic nitrogens is 1. The van der Waals surface area contributed by atoms with E-state index in [0.717, 1.165) is 42.6 Å². The molecule has 1 saturated heterocycles. The number of carbonyl (C=O) groups excluding carboxylic acids is 1. The summed E-state index contributed by atoms with van der Waals surface area (Å²) in [5, 5.41) is 0. The first-order valence-corrected chi connectivity index (χ1v) is 6.81. The second kappa shape index (κ2) is 5.23. The van der Waals surface area contributed by atoms with Gasteiger partial charge in [0.25, 0.3) is 5.91 Å². The fraction of sp³-hybridized carbons (Fsp3) is 0.583. The molecule has 17 heavy (non-hydrogen) atoms. The van der Waals surface area contributed by atoms with Gasteiger partial charge in [-0.15, -0.1) is 0 Å². The lowest BCUT2D eigenvalue weighted by atomic mass is 10.1. The number of piperidine rings is 1. The van der Waals surface area contributed by atoms with Crippen molar-refractivity contribution in [2.75, 3.05) is 13.1 Å². The van der Waals surface area contributed by atoms with E-state index in [1.807, 2.05) is 28.7 Å². The van der Waals surface area contributed by atoms with Crippen LogP contribution in [0, 0.1) is 0 Å². The number of aryl methyl sites for hydroxylation is 1. The quantitative estimate of drug-likeness (QED) is 0.906. The zero-order valence-electron chi connectivity index (χ0n) is 10.0. The highest BCUT2D eigenvalue weighted by Crippen LogP contribution is 2.18. The first-order valence-electron chi connectivity index (χ1n) is 6.02. The monoisotopic (exact) mass is 299 g/mol. The molecule has 1 fully saturated rings. The number of nitrogens with zero attached hydrogens (tertiary/aromatic N) is 2. The highest BCUT2D eigenvalue weighted by atomic mass is 79.9. The molecule has 0 aliphatic carbocycles. The minimum atomic E-state index is 0.115. The lowest BCUT2D eigenvalue weighted by Gasteiger charge is -2.30. The summed E-state index contributed by atoms with van der Waals surface area (Å²) in [4.78, 5) is 14.2. The van der Waals surface area contributed by atoms with Crippen molar-refractivity contribution in [1.82, 2.24) is 9.47 Å². The van der Waals surface area contributed by atoms with Crippen molar-refractivity contribution in [1.29, 1.82) is 0 Å². The van der Waals surface area contributed by atoms with Crippen molar-refractivity contribution < 1.29 is 4.79 Å². The molecule has 1 aromatic heterocycles. The molecule has 94 valence electrons. The summed E-state index contributed by atoms with van der Waals surface area (Å²) in [6.45, 7) is 4.38. The minimum absolute atomic E-state index is 0.115. The van der Waals surface area contributed by atoms with Crippen LogP contribution < -0.4 is 5.73 Å². The van der Waals surface area contributed by atoms with E-state index >= 15 is 0 Å². The molecule has 0 aromatic carbocycles. The Morgan fingerprint density at radius 1 is 1.53 bits per heavy atom. The third-order valence-electron chi connectivity index (χ3n) is 3.25. The maximum absolute atomic E-state index is 12.3. The second-order valence-corrected chi connectivity index (χ2v) is 5.37. The third-order valence-corrected chi connectivity index (χ3v) is 3.68. The highest BCUT2D eigenvalue weighted by Gasteiger charge is 2.23. The predicted octanol–water partition coefficient (Wildman–Crippen LogP) is 1.83. The lowest BCUT2D eigenvalue weighted by Crippen LogP contribution is -2.43. The Balaban J connectivity index is 2.13. The smallest absolute Gasteiger partial charge is 0.270 e. The van der Waals surface area contributed by atoms with Crippen LogP contribution in [0.4, 0.5) is 0 Å². The Kier molecular flexibility index (Phi) is 3.89. The molecule has 1 aliphatic heterocycles. The first-order chi connectivity index (χ1) is 8.11. The Bertz CT molecular complexity index is 408. The molecule has 0 bridgehead atoms. The number of hydrogen-bond acceptors (Lipinski definition) is 2. The van der Waals surface area contributed by atoms with Gasteiger partial charge in [0.15, 0.2) is 0 Å². The van der Waals surface area contributed by atoms with Crippen LogP contribution in [-0.4, -0.2) is 34.5 Å². The molecule has 1 aromatic rings. The predicted molar refractivity (Wildman–Crippen MR) is 70.9 cm³/mol. The second-order valence-electron chi connectivity index (χ2n) is 4.46. The van der Waals surface area contributed by atoms with E-state index in [-0.39, 0.29) is 11.9 Å². The van der Waals surface area contributed by atoms with Gasteiger partial charge >= 0.3 is 0 Å². The Labute approximate surface area is 110 Å². The Morgan fingerprint density at radius 2 is 2.18 bits per heavy atom. The topological polar surface area (TPSA) is 51.3 Å². The van der Waals surface area contributed by atoms with Crippen LogP contribution in [0.5, 0.6) is 0 Å². The summed E-state index contributed by atoms with van der Waals surface area (Å²) in [6.07, 6.45) is 3.75. The van der Waals surface area contributed by atoms with Crippen molar-refractivity contribution in [2.45, 2.75) is 32.4 Å². The average Bonchev–Trinajstić information content (AvgIpc) is 2.70. The van der Waals surface area contributed by atoms with Gasteiger partial charge in [0, 0.05) is 36.3 Å². The molecular formula is C12H18BrN3O. The van der Waals surface area contributed by atoms with Crippen LogP contribution in [-0.2, 0) is 6.54 Å². The summed E-state index contributed by atoms with van der Waals surface area (Å²) in [7, 11) is 0. The van der Waals surface area contributed by atoms with Gasteiger partial charge in [0.05, 0.1) is 0 Å². The van der Waals surface area contributed by atoms with E-state index < -0.39 is 0 Å². The maximum Gasteiger partial charge on any atom is 0.270 e. The minimum Gasteiger partial charge on any atom is -0.343 e. The van der Waals surface area contributed by atoms with Gasteiger partial charge in [-0.1, -0.05) is 0 Å². The van der Waals surface area contributed by atoms with Crippen LogP contribution in [0.25, 0.3) is 0 Å². The fourth-order valence-electron chi connectivity index (χ4n) is 2.18. The van der Waals surface area contributed by atoms with Crippen molar-refractivity contribution in [2.24, 2.45) is 5.73 Å². The summed E-state index contributed by atoms with van der Waals surface area (Å²) in [6, 6.07) is 2.14. The van der Waals surface area contributed by atoms with Gasteiger partial charge in [0.2, 0.25) is 0 Å². The molecule has 2 rings (SSSR count). The maximum atomic E-state index is 12.3. The van der Waals surface area contributed by atoms with Gasteiger partial charge in [-0.25, -0.2) is 0 Å². The van der Waals surface area contributed by atoms with Gasteiger partial charge in [-0.2, -0.15) is 0 Å². The summed E-state index contributed by atoms with van der Waals surface area (Å²) in [5.74, 6) is 0.115. The molecule has 5 heteroatoms. The van der Waals surface area contributed by atoms with Gasteiger partial charge < -0.3 is 15.2 Å². The number of hydrogen-bond donors (Lipinski definition) is 1. The first kappa shape index (κ1) is 12.6. The standard InChI is InChI=1S/C12H18BrN3O/c1-2-15-8-9(13)7-11(15)12(17)16-5-3-10(14)4-6-16/h7-8,10H,2-6,14H2,1H3. The van der Waals surface area contributed by atoms with E-state index in [2.05, 4.69) is 15.9 Å². The summed E-state index contributed by atoms with van der Waals surface area (Å²) < 4.78 is 2.93. The van der Waals surface area contributed by atoms with Crippen molar-refractivity contribution >= 4 is 21.8 Å². The average molecular weight is 300 g/mol. The van der Waals surface area contributed by atoms with E-state index in [1.54, 1.807) is 0 Å². The van der Waals surface area contributed by atoms with Crippen LogP contribution >= 0.6 is 15.9 Å². The largest absolute Gasteiger partial charge is 0.343 e. The number of rotatable bonds is 2. The Morgan fingerprint density at radius 3 is 2.76 bits per heavy atom. The van der Waals surface area contributed by atoms with E-state index in [0.29, 0.717) is 0 Å². The number of nitrogens with two attached hydrogens (primary N) is 1. The lowest BCUT2D eigenvalue weighted by molar-refractivity contribution is 0.0704. The van der Waals surface area contributed by atoms with Crippen LogP contribution in [0.3, 0.4) is 0 Å². The van der Waals surface area contributed by atoms with Gasteiger partial charge in [0.1, 0.15) is 5.69 Å². The Hall–Kier alpha value is -0.810. The molecule has 0 spiro atoms. The zero-order valence-corrected chi connectivity index (χ0v) is 11.6. The van der Waals surface area contributed by atoms with Crippen LogP contribution in [0.2, 0.25) is 0 Å². The molecule has 2 N–H and O–H groups in total. The van der Waals surface area contributed by atoms with Crippen molar-refractivity contribution in [3.8, 4) is 0 Å². The molecule has 0 atom stereocenters. The molecule has 2 heterocycles. The van der Waals surface area contributed by atoms with E-state index in [4.69, 9.17) is 5.73 Å². The molecular weight excluding hydrogens is 282 g/mol. The SMILES string of the molecule is CCn1cc(Br)cc1C(=O)N1CCC(N)CC1. The normalized spacial score (nSPS) is 17.5. The molecule has 0 unspecified atom stereocenters. The summed E-state index contributed by atoms with van der Waals surface area (Å²) in [5.41, 5.74) is 6.60. The van der Waals surface area contributed by atoms with E-state index in [9.17, 15) is 4.79 Å². The molecule has 1 aliphatic rings. The summed E-state index contributed by atoms with van der Waals surface area (Å²) >= 11 is 3.41. The molecule has 1 amide bonds. The van der Waals surface area contributed by atoms with Crippen LogP contribution in [0.15, 0.2) is 16.7 Å². The highest BCUT2D eigenvalue weighted by molar-refractivity contribution is 9.10. The van der Waals surface area contributed by atoms with Gasteiger partial charge in [-0.05, 0) is 41.8 Å². The number of likely N-dealkylation sites (tertiary alicyclic amines) is 1. The molecule has 0 radical (unpaired) electrons. The van der Waals surface area contributed by atoms with Crippen molar-refractivity contribution in [3.05, 3.63) is 22.4 Å². The van der Waals surface area contributed by atoms with Crippen molar-refractivity contribution in [3.63, 3.8) is 0 Å². The number of carbonyl (C=O) groups is 1. The third kappa shape index (κ3) is 2.72. The van der Waals surface area contributed by atoms with Gasteiger partial charge in [-0.3, -0.25) is 4.79 Å². The molecule has 0 saturated carbocycles. The zero-order chi connectivity index (χ0) is 12.4.